The number of nitrogens with one attached hydrogen (secondary N) is 1. The van der Waals surface area contributed by atoms with Crippen LogP contribution in [0.1, 0.15) is 37.2 Å². The van der Waals surface area contributed by atoms with Crippen LogP contribution in [0.4, 0.5) is 11.5 Å². The smallest absolute Gasteiger partial charge is 0.268 e. The summed E-state index contributed by atoms with van der Waals surface area (Å²) in [5, 5.41) is 15.7. The number of hydrogen-bond acceptors (Lipinski definition) is 6. The van der Waals surface area contributed by atoms with Crippen LogP contribution in [0.2, 0.25) is 0 Å². The maximum Gasteiger partial charge on any atom is 0.268 e. The Labute approximate surface area is 203 Å². The van der Waals surface area contributed by atoms with Crippen LogP contribution in [-0.4, -0.2) is 41.6 Å². The van der Waals surface area contributed by atoms with Crippen LogP contribution in [0, 0.1) is 5.92 Å². The van der Waals surface area contributed by atoms with Gasteiger partial charge in [-0.3, -0.25) is 9.20 Å². The van der Waals surface area contributed by atoms with Gasteiger partial charge in [0.15, 0.2) is 11.3 Å². The number of aliphatic hydroxyl groups is 1. The fourth-order valence-corrected chi connectivity index (χ4v) is 3.72. The number of carbonyl (C=O) groups excluding carboxylic acids is 1. The van der Waals surface area contributed by atoms with Gasteiger partial charge in [-0.1, -0.05) is 44.2 Å². The lowest BCUT2D eigenvalue weighted by atomic mass is 10.1. The Bertz CT molecular complexity index is 1420. The minimum Gasteiger partial charge on any atom is -0.396 e. The summed E-state index contributed by atoms with van der Waals surface area (Å²) in [5.41, 5.74) is 9.40. The highest BCUT2D eigenvalue weighted by molar-refractivity contribution is 5.99. The number of imidazole rings is 1. The normalized spacial score (nSPS) is 11.0. The van der Waals surface area contributed by atoms with Crippen molar-refractivity contribution in [2.24, 2.45) is 11.7 Å². The van der Waals surface area contributed by atoms with E-state index in [9.17, 15) is 4.79 Å². The standard InChI is InChI=1S/C20H15N7O.C6H14O/c21-19(28)18-17(13-5-2-1-3-6-13)25-20-14(7-4-11-26(18)20)23-15-9-12-27-16(24-15)8-10-22-27;1-6(2)4-3-5-7/h1-12H,(H2,21,28)(H,23,24);6-7H,3-5H2,1-2H3. The minimum atomic E-state index is -0.540. The van der Waals surface area contributed by atoms with Gasteiger partial charge in [-0.2, -0.15) is 5.10 Å². The predicted molar refractivity (Wildman–Crippen MR) is 137 cm³/mol. The van der Waals surface area contributed by atoms with Gasteiger partial charge in [0.1, 0.15) is 17.2 Å². The number of nitrogens with zero attached hydrogens (tertiary/aromatic N) is 5. The molecule has 0 radical (unpaired) electrons. The molecular formula is C26H29N7O2. The van der Waals surface area contributed by atoms with E-state index in [4.69, 9.17) is 15.8 Å². The van der Waals surface area contributed by atoms with Crippen molar-refractivity contribution in [1.82, 2.24) is 24.0 Å². The zero-order valence-electron chi connectivity index (χ0n) is 19.8. The highest BCUT2D eigenvalue weighted by atomic mass is 16.2. The van der Waals surface area contributed by atoms with Crippen molar-refractivity contribution < 1.29 is 9.90 Å². The fraction of sp³-hybridized carbons (Fsp3) is 0.231. The van der Waals surface area contributed by atoms with Crippen molar-refractivity contribution in [2.75, 3.05) is 11.9 Å². The summed E-state index contributed by atoms with van der Waals surface area (Å²) in [4.78, 5) is 21.4. The molecule has 0 unspecified atom stereocenters. The molecule has 0 aliphatic heterocycles. The van der Waals surface area contributed by atoms with Crippen molar-refractivity contribution >= 4 is 28.7 Å². The second-order valence-corrected chi connectivity index (χ2v) is 8.49. The quantitative estimate of drug-likeness (QED) is 0.325. The lowest BCUT2D eigenvalue weighted by Crippen LogP contribution is -2.15. The van der Waals surface area contributed by atoms with Crippen LogP contribution in [0.25, 0.3) is 22.6 Å². The van der Waals surface area contributed by atoms with Crippen LogP contribution in [0.5, 0.6) is 0 Å². The highest BCUT2D eigenvalue weighted by Crippen LogP contribution is 2.28. The third kappa shape index (κ3) is 5.47. The van der Waals surface area contributed by atoms with Gasteiger partial charge in [0, 0.05) is 30.6 Å². The molecule has 4 aromatic heterocycles. The Morgan fingerprint density at radius 2 is 1.86 bits per heavy atom. The number of anilines is 2. The number of rotatable bonds is 7. The third-order valence-corrected chi connectivity index (χ3v) is 5.39. The van der Waals surface area contributed by atoms with Crippen molar-refractivity contribution in [2.45, 2.75) is 26.7 Å². The second kappa shape index (κ2) is 10.8. The number of primary amides is 1. The van der Waals surface area contributed by atoms with Crippen molar-refractivity contribution in [3.05, 3.63) is 78.9 Å². The monoisotopic (exact) mass is 471 g/mol. The number of aliphatic hydroxyl groups excluding tert-OH is 1. The Morgan fingerprint density at radius 3 is 2.54 bits per heavy atom. The first-order valence-corrected chi connectivity index (χ1v) is 11.5. The third-order valence-electron chi connectivity index (χ3n) is 5.39. The van der Waals surface area contributed by atoms with E-state index in [2.05, 4.69) is 29.2 Å². The Morgan fingerprint density at radius 1 is 1.06 bits per heavy atom. The van der Waals surface area contributed by atoms with Gasteiger partial charge in [-0.05, 0) is 37.0 Å². The largest absolute Gasteiger partial charge is 0.396 e. The molecule has 180 valence electrons. The van der Waals surface area contributed by atoms with E-state index >= 15 is 0 Å². The number of aromatic nitrogens is 5. The average molecular weight is 472 g/mol. The summed E-state index contributed by atoms with van der Waals surface area (Å²) in [6.07, 6.45) is 7.38. The summed E-state index contributed by atoms with van der Waals surface area (Å²) in [5.74, 6) is 0.848. The van der Waals surface area contributed by atoms with Gasteiger partial charge in [-0.25, -0.2) is 14.5 Å². The van der Waals surface area contributed by atoms with Crippen LogP contribution in [-0.2, 0) is 0 Å². The number of pyridine rings is 1. The van der Waals surface area contributed by atoms with E-state index in [-0.39, 0.29) is 0 Å². The van der Waals surface area contributed by atoms with E-state index in [1.54, 1.807) is 21.3 Å². The van der Waals surface area contributed by atoms with Gasteiger partial charge in [0.25, 0.3) is 5.91 Å². The summed E-state index contributed by atoms with van der Waals surface area (Å²) in [7, 11) is 0. The molecule has 0 fully saturated rings. The molecule has 0 aliphatic rings. The first-order valence-electron chi connectivity index (χ1n) is 11.5. The van der Waals surface area contributed by atoms with E-state index in [0.29, 0.717) is 35.1 Å². The van der Waals surface area contributed by atoms with Gasteiger partial charge in [-0.15, -0.1) is 0 Å². The molecule has 4 heterocycles. The molecule has 4 N–H and O–H groups in total. The lowest BCUT2D eigenvalue weighted by Gasteiger charge is -2.07. The van der Waals surface area contributed by atoms with Crippen LogP contribution < -0.4 is 11.1 Å². The van der Waals surface area contributed by atoms with E-state index in [1.807, 2.05) is 60.8 Å². The van der Waals surface area contributed by atoms with Gasteiger partial charge < -0.3 is 16.2 Å². The molecule has 0 spiro atoms. The zero-order valence-corrected chi connectivity index (χ0v) is 19.8. The molecule has 0 atom stereocenters. The second-order valence-electron chi connectivity index (χ2n) is 8.49. The highest BCUT2D eigenvalue weighted by Gasteiger charge is 2.20. The SMILES string of the molecule is CC(C)CCCO.NC(=O)c1c(-c2ccccc2)nc2c(Nc3ccn4nccc4n3)cccn12. The van der Waals surface area contributed by atoms with E-state index in [1.165, 1.54) is 0 Å². The topological polar surface area (TPSA) is 123 Å². The molecule has 9 nitrogen and oxygen atoms in total. The van der Waals surface area contributed by atoms with Gasteiger partial charge in [0.2, 0.25) is 0 Å². The summed E-state index contributed by atoms with van der Waals surface area (Å²) in [6, 6.07) is 16.8. The molecule has 0 aliphatic carbocycles. The molecule has 0 bridgehead atoms. The summed E-state index contributed by atoms with van der Waals surface area (Å²) >= 11 is 0. The molecule has 9 heteroatoms. The Kier molecular flexibility index (Phi) is 7.37. The first kappa shape index (κ1) is 23.9. The van der Waals surface area contributed by atoms with Crippen LogP contribution in [0.15, 0.2) is 73.2 Å². The van der Waals surface area contributed by atoms with Crippen molar-refractivity contribution in [3.8, 4) is 11.3 Å². The fourth-order valence-electron chi connectivity index (χ4n) is 3.72. The average Bonchev–Trinajstić information content (AvgIpc) is 3.48. The first-order chi connectivity index (χ1) is 17.0. The van der Waals surface area contributed by atoms with Gasteiger partial charge in [0.05, 0.1) is 11.9 Å². The van der Waals surface area contributed by atoms with Crippen molar-refractivity contribution in [3.63, 3.8) is 0 Å². The number of fused-ring (bicyclic) bond motifs is 2. The number of hydrogen-bond donors (Lipinski definition) is 3. The predicted octanol–water partition coefficient (Wildman–Crippen LogP) is 4.30. The summed E-state index contributed by atoms with van der Waals surface area (Å²) < 4.78 is 3.38. The van der Waals surface area contributed by atoms with Crippen molar-refractivity contribution in [1.29, 1.82) is 0 Å². The Balaban J connectivity index is 0.000000364. The van der Waals surface area contributed by atoms with Crippen LogP contribution >= 0.6 is 0 Å². The summed E-state index contributed by atoms with van der Waals surface area (Å²) in [6.45, 7) is 4.67. The minimum absolute atomic E-state index is 0.337. The number of nitrogens with two attached hydrogens (primary N) is 1. The van der Waals surface area contributed by atoms with E-state index in [0.717, 1.165) is 30.0 Å². The molecule has 1 amide bonds. The molecule has 0 saturated heterocycles. The van der Waals surface area contributed by atoms with E-state index < -0.39 is 5.91 Å². The van der Waals surface area contributed by atoms with Crippen LogP contribution in [0.3, 0.4) is 0 Å². The molecular weight excluding hydrogens is 442 g/mol. The molecule has 5 rings (SSSR count). The molecule has 35 heavy (non-hydrogen) atoms. The van der Waals surface area contributed by atoms with Gasteiger partial charge >= 0.3 is 0 Å². The maximum absolute atomic E-state index is 12.2. The molecule has 5 aromatic rings. The Hall–Kier alpha value is -4.24. The lowest BCUT2D eigenvalue weighted by molar-refractivity contribution is 0.0995. The number of benzene rings is 1. The number of amides is 1. The number of carbonyl (C=O) groups is 1. The maximum atomic E-state index is 12.2. The molecule has 1 aromatic carbocycles. The molecule has 0 saturated carbocycles. The zero-order chi connectivity index (χ0) is 24.8.